The summed E-state index contributed by atoms with van der Waals surface area (Å²) in [6.45, 7) is 0.957. The molecule has 1 N–H and O–H groups in total. The van der Waals surface area contributed by atoms with Gasteiger partial charge in [-0.2, -0.15) is 0 Å². The highest BCUT2D eigenvalue weighted by molar-refractivity contribution is 5.98. The van der Waals surface area contributed by atoms with E-state index in [-0.39, 0.29) is 42.5 Å². The number of pyridine rings is 1. The van der Waals surface area contributed by atoms with Crippen molar-refractivity contribution >= 4 is 23.5 Å². The van der Waals surface area contributed by atoms with Crippen molar-refractivity contribution < 1.29 is 23.6 Å². The third-order valence-electron chi connectivity index (χ3n) is 7.11. The number of ketones is 1. The molecule has 2 unspecified atom stereocenters. The van der Waals surface area contributed by atoms with Crippen LogP contribution in [-0.2, 0) is 20.8 Å². The van der Waals surface area contributed by atoms with Crippen molar-refractivity contribution in [3.8, 4) is 11.3 Å². The van der Waals surface area contributed by atoms with Gasteiger partial charge in [-0.05, 0) is 43.0 Å². The number of benzene rings is 1. The fraction of sp³-hybridized carbons (Fsp3) is 0.357. The standard InChI is InChI=1S/C28H29N5O5/c34-23-17-33(26(36)14-19-4-3-11-29-15-19)22-10-13-32(27(22)23)25(35)5-1-2-12-31-28(37)21-8-6-20(7-9-21)24-16-30-18-38-24/h3-4,6-9,11,15-16,18,22,27H,1-2,5,10,12-14,17H2,(H,31,37). The number of nitrogens with zero attached hydrogens (tertiary/aromatic N) is 4. The molecule has 4 heterocycles. The number of rotatable bonds is 9. The lowest BCUT2D eigenvalue weighted by Crippen LogP contribution is -2.43. The lowest BCUT2D eigenvalue weighted by Gasteiger charge is -2.24. The Morgan fingerprint density at radius 2 is 1.84 bits per heavy atom. The van der Waals surface area contributed by atoms with Gasteiger partial charge in [-0.1, -0.05) is 18.2 Å². The minimum atomic E-state index is -0.556. The highest BCUT2D eigenvalue weighted by Gasteiger charge is 2.50. The van der Waals surface area contributed by atoms with E-state index in [1.54, 1.807) is 58.7 Å². The van der Waals surface area contributed by atoms with Crippen LogP contribution in [0.25, 0.3) is 11.3 Å². The number of carbonyl (C=O) groups is 4. The molecule has 2 atom stereocenters. The minimum absolute atomic E-state index is 0.0453. The Labute approximate surface area is 220 Å². The summed E-state index contributed by atoms with van der Waals surface area (Å²) in [5.41, 5.74) is 2.17. The van der Waals surface area contributed by atoms with Crippen LogP contribution in [0.2, 0.25) is 0 Å². The highest BCUT2D eigenvalue weighted by atomic mass is 16.3. The second-order valence-corrected chi connectivity index (χ2v) is 9.57. The number of hydrogen-bond acceptors (Lipinski definition) is 7. The molecule has 0 bridgehead atoms. The summed E-state index contributed by atoms with van der Waals surface area (Å²) in [4.78, 5) is 62.1. The molecule has 1 aromatic carbocycles. The maximum Gasteiger partial charge on any atom is 0.251 e. The molecular weight excluding hydrogens is 486 g/mol. The Hall–Kier alpha value is -4.34. The van der Waals surface area contributed by atoms with E-state index in [9.17, 15) is 19.2 Å². The number of amides is 3. The van der Waals surface area contributed by atoms with E-state index in [0.717, 1.165) is 11.1 Å². The quantitative estimate of drug-likeness (QED) is 0.433. The largest absolute Gasteiger partial charge is 0.444 e. The van der Waals surface area contributed by atoms with E-state index in [2.05, 4.69) is 15.3 Å². The predicted octanol–water partition coefficient (Wildman–Crippen LogP) is 2.26. The summed E-state index contributed by atoms with van der Waals surface area (Å²) in [6, 6.07) is 9.85. The normalized spacial score (nSPS) is 18.5. The molecule has 2 aromatic heterocycles. The molecule has 2 aliphatic rings. The second-order valence-electron chi connectivity index (χ2n) is 9.57. The number of carbonyl (C=O) groups excluding carboxylic acids is 4. The van der Waals surface area contributed by atoms with Crippen molar-refractivity contribution in [1.29, 1.82) is 0 Å². The number of aromatic nitrogens is 2. The number of fused-ring (bicyclic) bond motifs is 1. The first-order valence-corrected chi connectivity index (χ1v) is 12.8. The number of unbranched alkanes of at least 4 members (excludes halogenated alkanes) is 1. The lowest BCUT2D eigenvalue weighted by atomic mass is 10.1. The molecule has 5 rings (SSSR count). The Kier molecular flexibility index (Phi) is 7.57. The maximum atomic E-state index is 12.9. The summed E-state index contributed by atoms with van der Waals surface area (Å²) in [7, 11) is 0. The summed E-state index contributed by atoms with van der Waals surface area (Å²) < 4.78 is 5.25. The summed E-state index contributed by atoms with van der Waals surface area (Å²) >= 11 is 0. The van der Waals surface area contributed by atoms with Crippen molar-refractivity contribution in [2.75, 3.05) is 19.6 Å². The molecule has 2 aliphatic heterocycles. The van der Waals surface area contributed by atoms with Gasteiger partial charge in [0.25, 0.3) is 5.91 Å². The molecule has 0 spiro atoms. The van der Waals surface area contributed by atoms with Gasteiger partial charge in [0.15, 0.2) is 17.9 Å². The molecule has 196 valence electrons. The monoisotopic (exact) mass is 515 g/mol. The van der Waals surface area contributed by atoms with Gasteiger partial charge >= 0.3 is 0 Å². The van der Waals surface area contributed by atoms with Crippen LogP contribution in [0.1, 0.15) is 41.6 Å². The Balaban J connectivity index is 1.05. The molecule has 10 heteroatoms. The summed E-state index contributed by atoms with van der Waals surface area (Å²) in [5, 5.41) is 2.88. The fourth-order valence-corrected chi connectivity index (χ4v) is 5.19. The molecule has 3 amide bonds. The Morgan fingerprint density at radius 3 is 2.58 bits per heavy atom. The maximum absolute atomic E-state index is 12.9. The minimum Gasteiger partial charge on any atom is -0.444 e. The van der Waals surface area contributed by atoms with Crippen LogP contribution >= 0.6 is 0 Å². The van der Waals surface area contributed by atoms with Crippen LogP contribution in [-0.4, -0.2) is 75.0 Å². The number of likely N-dealkylation sites (tertiary alicyclic amines) is 2. The van der Waals surface area contributed by atoms with Crippen LogP contribution in [0, 0.1) is 0 Å². The van der Waals surface area contributed by atoms with E-state index in [4.69, 9.17) is 4.42 Å². The molecule has 38 heavy (non-hydrogen) atoms. The van der Waals surface area contributed by atoms with Gasteiger partial charge < -0.3 is 19.5 Å². The first-order valence-electron chi connectivity index (χ1n) is 12.8. The molecule has 0 aliphatic carbocycles. The average Bonchev–Trinajstić information content (AvgIpc) is 3.68. The van der Waals surface area contributed by atoms with Crippen molar-refractivity contribution in [3.63, 3.8) is 0 Å². The number of Topliss-reactive ketones (excluding diaryl/α,β-unsaturated/α-hetero) is 1. The lowest BCUT2D eigenvalue weighted by molar-refractivity contribution is -0.136. The zero-order valence-corrected chi connectivity index (χ0v) is 20.9. The van der Waals surface area contributed by atoms with Gasteiger partial charge in [0, 0.05) is 43.0 Å². The fourth-order valence-electron chi connectivity index (χ4n) is 5.19. The molecule has 2 saturated heterocycles. The van der Waals surface area contributed by atoms with Gasteiger partial charge in [-0.3, -0.25) is 24.2 Å². The van der Waals surface area contributed by atoms with E-state index in [1.807, 2.05) is 6.07 Å². The van der Waals surface area contributed by atoms with Gasteiger partial charge in [0.2, 0.25) is 11.8 Å². The first kappa shape index (κ1) is 25.3. The zero-order chi connectivity index (χ0) is 26.5. The number of nitrogens with one attached hydrogen (secondary N) is 1. The van der Waals surface area contributed by atoms with Crippen molar-refractivity contribution in [1.82, 2.24) is 25.1 Å². The van der Waals surface area contributed by atoms with Gasteiger partial charge in [0.05, 0.1) is 25.2 Å². The van der Waals surface area contributed by atoms with Crippen molar-refractivity contribution in [2.45, 2.75) is 44.2 Å². The van der Waals surface area contributed by atoms with E-state index >= 15 is 0 Å². The first-order chi connectivity index (χ1) is 18.5. The van der Waals surface area contributed by atoms with Crippen LogP contribution < -0.4 is 5.32 Å². The Bertz CT molecular complexity index is 1290. The molecule has 2 fully saturated rings. The van der Waals surface area contributed by atoms with Gasteiger partial charge in [-0.15, -0.1) is 0 Å². The van der Waals surface area contributed by atoms with Gasteiger partial charge in [0.1, 0.15) is 6.04 Å². The van der Waals surface area contributed by atoms with E-state index < -0.39 is 6.04 Å². The smallest absolute Gasteiger partial charge is 0.251 e. The average molecular weight is 516 g/mol. The third kappa shape index (κ3) is 5.49. The number of oxazole rings is 1. The van der Waals surface area contributed by atoms with Crippen molar-refractivity contribution in [2.24, 2.45) is 0 Å². The van der Waals surface area contributed by atoms with E-state index in [0.29, 0.717) is 50.1 Å². The molecule has 3 aromatic rings. The van der Waals surface area contributed by atoms with Crippen LogP contribution in [0.4, 0.5) is 0 Å². The van der Waals surface area contributed by atoms with Gasteiger partial charge in [-0.25, -0.2) is 4.98 Å². The predicted molar refractivity (Wildman–Crippen MR) is 137 cm³/mol. The molecule has 0 radical (unpaired) electrons. The van der Waals surface area contributed by atoms with Crippen LogP contribution in [0.3, 0.4) is 0 Å². The van der Waals surface area contributed by atoms with Crippen LogP contribution in [0.15, 0.2) is 65.8 Å². The second kappa shape index (κ2) is 11.4. The molecule has 10 nitrogen and oxygen atoms in total. The third-order valence-corrected chi connectivity index (χ3v) is 7.11. The molecular formula is C28H29N5O5. The molecule has 0 saturated carbocycles. The summed E-state index contributed by atoms with van der Waals surface area (Å²) in [5.74, 6) is 0.171. The van der Waals surface area contributed by atoms with Crippen molar-refractivity contribution in [3.05, 3.63) is 72.5 Å². The van der Waals surface area contributed by atoms with E-state index in [1.165, 1.54) is 6.39 Å². The zero-order valence-electron chi connectivity index (χ0n) is 20.9. The summed E-state index contributed by atoms with van der Waals surface area (Å²) in [6.07, 6.45) is 8.59. The van der Waals surface area contributed by atoms with Crippen LogP contribution in [0.5, 0.6) is 0 Å². The SMILES string of the molecule is O=C(NCCCCC(=O)N1CCC2C1C(=O)CN2C(=O)Cc1cccnc1)c1ccc(-c2cnco2)cc1. The Morgan fingerprint density at radius 1 is 1.00 bits per heavy atom. The topological polar surface area (TPSA) is 126 Å². The highest BCUT2D eigenvalue weighted by Crippen LogP contribution is 2.31. The number of hydrogen-bond donors (Lipinski definition) is 1.